The van der Waals surface area contributed by atoms with Crippen molar-refractivity contribution in [3.63, 3.8) is 0 Å². The van der Waals surface area contributed by atoms with Crippen molar-refractivity contribution in [2.24, 2.45) is 0 Å². The summed E-state index contributed by atoms with van der Waals surface area (Å²) in [5.41, 5.74) is 10.1. The standard InChI is InChI=1S/C42H24N2O/c1-6-18-31-25(12-1)34(24-37-41(31)44-36-22-9-8-21-35(36)43-37)40-29-16-4-2-14-27(29)39(28-15-3-5-17-30(28)40)33-20-11-19-32-26-13-7-10-23-38(26)45-42(32)33/h1-24H. The summed E-state index contributed by atoms with van der Waals surface area (Å²) in [4.78, 5) is 10.2. The van der Waals surface area contributed by atoms with E-state index < -0.39 is 0 Å². The first kappa shape index (κ1) is 24.4. The number of furan rings is 1. The summed E-state index contributed by atoms with van der Waals surface area (Å²) in [7, 11) is 0. The second-order valence-electron chi connectivity index (χ2n) is 11.7. The van der Waals surface area contributed by atoms with Crippen LogP contribution in [0.1, 0.15) is 0 Å². The lowest BCUT2D eigenvalue weighted by Gasteiger charge is -2.19. The molecule has 10 rings (SSSR count). The van der Waals surface area contributed by atoms with Crippen molar-refractivity contribution in [1.82, 2.24) is 9.97 Å². The summed E-state index contributed by atoms with van der Waals surface area (Å²) in [6, 6.07) is 51.3. The Morgan fingerprint density at radius 1 is 0.356 bits per heavy atom. The molecule has 0 saturated carbocycles. The van der Waals surface area contributed by atoms with Crippen molar-refractivity contribution < 1.29 is 4.42 Å². The van der Waals surface area contributed by atoms with Crippen molar-refractivity contribution in [2.75, 3.05) is 0 Å². The topological polar surface area (TPSA) is 38.9 Å². The van der Waals surface area contributed by atoms with E-state index in [0.29, 0.717) is 0 Å². The molecule has 0 unspecified atom stereocenters. The molecule has 0 aliphatic carbocycles. The fraction of sp³-hybridized carbons (Fsp3) is 0. The maximum Gasteiger partial charge on any atom is 0.143 e. The lowest BCUT2D eigenvalue weighted by Crippen LogP contribution is -1.94. The largest absolute Gasteiger partial charge is 0.455 e. The van der Waals surface area contributed by atoms with Gasteiger partial charge in [0.05, 0.1) is 22.1 Å². The monoisotopic (exact) mass is 572 g/mol. The lowest BCUT2D eigenvalue weighted by atomic mass is 9.84. The van der Waals surface area contributed by atoms with Gasteiger partial charge >= 0.3 is 0 Å². The predicted octanol–water partition coefficient (Wildman–Crippen LogP) is 11.5. The third kappa shape index (κ3) is 3.46. The molecule has 3 heteroatoms. The number of nitrogens with zero attached hydrogens (tertiary/aromatic N) is 2. The molecule has 8 aromatic carbocycles. The minimum Gasteiger partial charge on any atom is -0.455 e. The van der Waals surface area contributed by atoms with Crippen LogP contribution in [0.4, 0.5) is 0 Å². The molecular formula is C42H24N2O. The van der Waals surface area contributed by atoms with Crippen LogP contribution in [0.5, 0.6) is 0 Å². The zero-order valence-electron chi connectivity index (χ0n) is 24.2. The SMILES string of the molecule is c1ccc2nc3c(cc(-c4c5ccccc5c(-c5cccc6c5oc5ccccc56)c5ccccc45)c4ccccc43)nc2c1. The summed E-state index contributed by atoms with van der Waals surface area (Å²) >= 11 is 0. The van der Waals surface area contributed by atoms with Crippen LogP contribution in [-0.2, 0) is 0 Å². The Labute approximate surface area is 258 Å². The van der Waals surface area contributed by atoms with Crippen LogP contribution >= 0.6 is 0 Å². The summed E-state index contributed by atoms with van der Waals surface area (Å²) in [6.45, 7) is 0. The molecule has 0 amide bonds. The van der Waals surface area contributed by atoms with Gasteiger partial charge in [0.1, 0.15) is 11.2 Å². The van der Waals surface area contributed by atoms with Gasteiger partial charge in [0.15, 0.2) is 0 Å². The second kappa shape index (κ2) is 9.22. The van der Waals surface area contributed by atoms with Gasteiger partial charge in [-0.1, -0.05) is 121 Å². The molecule has 0 fully saturated rings. The molecule has 0 bridgehead atoms. The van der Waals surface area contributed by atoms with E-state index in [2.05, 4.69) is 115 Å². The molecule has 45 heavy (non-hydrogen) atoms. The van der Waals surface area contributed by atoms with Crippen molar-refractivity contribution in [3.05, 3.63) is 146 Å². The first-order valence-corrected chi connectivity index (χ1v) is 15.3. The van der Waals surface area contributed by atoms with Gasteiger partial charge in [-0.25, -0.2) is 9.97 Å². The number of hydrogen-bond acceptors (Lipinski definition) is 3. The zero-order chi connectivity index (χ0) is 29.5. The maximum atomic E-state index is 6.58. The molecule has 0 aliphatic rings. The quantitative estimate of drug-likeness (QED) is 0.153. The van der Waals surface area contributed by atoms with Crippen LogP contribution in [0.2, 0.25) is 0 Å². The van der Waals surface area contributed by atoms with Crippen LogP contribution in [0.25, 0.3) is 98.6 Å². The van der Waals surface area contributed by atoms with Gasteiger partial charge < -0.3 is 4.42 Å². The van der Waals surface area contributed by atoms with E-state index in [-0.39, 0.29) is 0 Å². The van der Waals surface area contributed by atoms with Crippen LogP contribution in [-0.4, -0.2) is 9.97 Å². The Bertz CT molecular complexity index is 2770. The van der Waals surface area contributed by atoms with E-state index in [0.717, 1.165) is 65.9 Å². The Hall–Kier alpha value is -6.06. The molecule has 2 aromatic heterocycles. The van der Waals surface area contributed by atoms with Gasteiger partial charge in [0.2, 0.25) is 0 Å². The molecule has 0 radical (unpaired) electrons. The Kier molecular flexibility index (Phi) is 5.00. The zero-order valence-corrected chi connectivity index (χ0v) is 24.2. The summed E-state index contributed by atoms with van der Waals surface area (Å²) in [6.07, 6.45) is 0. The van der Waals surface area contributed by atoms with Crippen LogP contribution in [0.15, 0.2) is 150 Å². The summed E-state index contributed by atoms with van der Waals surface area (Å²) < 4.78 is 6.58. The number of fused-ring (bicyclic) bond motifs is 9. The van der Waals surface area contributed by atoms with Crippen LogP contribution in [0.3, 0.4) is 0 Å². The summed E-state index contributed by atoms with van der Waals surface area (Å²) in [5.74, 6) is 0. The van der Waals surface area contributed by atoms with Crippen molar-refractivity contribution in [1.29, 1.82) is 0 Å². The van der Waals surface area contributed by atoms with Crippen molar-refractivity contribution in [3.8, 4) is 22.3 Å². The minimum absolute atomic E-state index is 0.895. The highest BCUT2D eigenvalue weighted by Gasteiger charge is 2.22. The average Bonchev–Trinajstić information content (AvgIpc) is 3.49. The normalized spacial score (nSPS) is 12.0. The molecule has 0 aliphatic heterocycles. The molecular weight excluding hydrogens is 548 g/mol. The highest BCUT2D eigenvalue weighted by molar-refractivity contribution is 6.27. The molecule has 2 heterocycles. The highest BCUT2D eigenvalue weighted by atomic mass is 16.3. The summed E-state index contributed by atoms with van der Waals surface area (Å²) in [5, 5.41) is 9.29. The first-order valence-electron chi connectivity index (χ1n) is 15.3. The van der Waals surface area contributed by atoms with Crippen molar-refractivity contribution >= 4 is 76.3 Å². The number of hydrogen-bond donors (Lipinski definition) is 0. The average molecular weight is 573 g/mol. The Balaban J connectivity index is 1.37. The van der Waals surface area contributed by atoms with Gasteiger partial charge in [0, 0.05) is 27.3 Å². The minimum atomic E-state index is 0.895. The van der Waals surface area contributed by atoms with Gasteiger partial charge in [-0.05, 0) is 62.3 Å². The first-order chi connectivity index (χ1) is 22.3. The van der Waals surface area contributed by atoms with E-state index in [9.17, 15) is 0 Å². The fourth-order valence-corrected chi connectivity index (χ4v) is 7.31. The lowest BCUT2D eigenvalue weighted by molar-refractivity contribution is 0.670. The van der Waals surface area contributed by atoms with Crippen LogP contribution < -0.4 is 0 Å². The highest BCUT2D eigenvalue weighted by Crippen LogP contribution is 2.48. The van der Waals surface area contributed by atoms with Gasteiger partial charge in [-0.2, -0.15) is 0 Å². The van der Waals surface area contributed by atoms with Crippen molar-refractivity contribution in [2.45, 2.75) is 0 Å². The second-order valence-corrected chi connectivity index (χ2v) is 11.7. The number of para-hydroxylation sites is 4. The molecule has 0 saturated heterocycles. The fourth-order valence-electron chi connectivity index (χ4n) is 7.31. The van der Waals surface area contributed by atoms with Gasteiger partial charge in [-0.3, -0.25) is 0 Å². The number of rotatable bonds is 2. The predicted molar refractivity (Wildman–Crippen MR) is 188 cm³/mol. The number of aromatic nitrogens is 2. The van der Waals surface area contributed by atoms with E-state index in [1.807, 2.05) is 30.3 Å². The number of benzene rings is 8. The van der Waals surface area contributed by atoms with E-state index in [1.165, 1.54) is 32.7 Å². The molecule has 0 atom stereocenters. The van der Waals surface area contributed by atoms with Crippen LogP contribution in [0, 0.1) is 0 Å². The van der Waals surface area contributed by atoms with E-state index >= 15 is 0 Å². The molecule has 10 aromatic rings. The molecule has 3 nitrogen and oxygen atoms in total. The van der Waals surface area contributed by atoms with Gasteiger partial charge in [-0.15, -0.1) is 0 Å². The van der Waals surface area contributed by atoms with Gasteiger partial charge in [0.25, 0.3) is 0 Å². The third-order valence-electron chi connectivity index (χ3n) is 9.23. The molecule has 0 spiro atoms. The van der Waals surface area contributed by atoms with E-state index in [4.69, 9.17) is 14.4 Å². The Morgan fingerprint density at radius 2 is 0.867 bits per heavy atom. The molecule has 208 valence electrons. The Morgan fingerprint density at radius 3 is 1.56 bits per heavy atom. The maximum absolute atomic E-state index is 6.58. The third-order valence-corrected chi connectivity index (χ3v) is 9.23. The smallest absolute Gasteiger partial charge is 0.143 e. The van der Waals surface area contributed by atoms with E-state index in [1.54, 1.807) is 0 Å². The molecule has 0 N–H and O–H groups in total.